The summed E-state index contributed by atoms with van der Waals surface area (Å²) < 4.78 is 2.66. The zero-order valence-corrected chi connectivity index (χ0v) is 10.9. The Bertz CT molecular complexity index is 572. The molecule has 1 heterocycles. The molecule has 17 heavy (non-hydrogen) atoms. The minimum absolute atomic E-state index is 0.103. The number of ketones is 1. The van der Waals surface area contributed by atoms with Gasteiger partial charge in [-0.05, 0) is 23.8 Å². The Kier molecular flexibility index (Phi) is 3.54. The molecule has 0 radical (unpaired) electrons. The zero-order valence-electron chi connectivity index (χ0n) is 9.30. The molecule has 0 aliphatic rings. The van der Waals surface area contributed by atoms with E-state index in [4.69, 9.17) is 0 Å². The third-order valence-corrected chi connectivity index (χ3v) is 3.08. The molecule has 2 rings (SSSR count). The van der Waals surface area contributed by atoms with E-state index in [9.17, 15) is 4.79 Å². The van der Waals surface area contributed by atoms with E-state index in [2.05, 4.69) is 20.9 Å². The highest BCUT2D eigenvalue weighted by Gasteiger charge is 2.06. The number of carbonyl (C=O) groups excluding carboxylic acids is 1. The maximum atomic E-state index is 11.8. The highest BCUT2D eigenvalue weighted by molar-refractivity contribution is 9.10. The minimum Gasteiger partial charge on any atom is -0.331 e. The van der Waals surface area contributed by atoms with Crippen molar-refractivity contribution in [2.24, 2.45) is 7.05 Å². The Hall–Kier alpha value is -1.68. The number of aryl methyl sites for hydroxylation is 1. The Balaban J connectivity index is 2.20. The molecular formula is C13H11BrN2O. The van der Waals surface area contributed by atoms with Crippen LogP contribution in [0.2, 0.25) is 0 Å². The second kappa shape index (κ2) is 5.10. The topological polar surface area (TPSA) is 34.9 Å². The van der Waals surface area contributed by atoms with Crippen LogP contribution in [0.4, 0.5) is 0 Å². The van der Waals surface area contributed by atoms with E-state index >= 15 is 0 Å². The molecule has 1 aromatic carbocycles. The molecule has 0 atom stereocenters. The summed E-state index contributed by atoms with van der Waals surface area (Å²) in [6.45, 7) is 0. The molecule has 86 valence electrons. The van der Waals surface area contributed by atoms with Gasteiger partial charge in [0, 0.05) is 23.9 Å². The smallest absolute Gasteiger partial charge is 0.221 e. The lowest BCUT2D eigenvalue weighted by molar-refractivity contribution is 0.103. The lowest BCUT2D eigenvalue weighted by atomic mass is 10.2. The molecule has 0 fully saturated rings. The van der Waals surface area contributed by atoms with Gasteiger partial charge in [0.05, 0.1) is 0 Å². The minimum atomic E-state index is -0.103. The second-order valence-electron chi connectivity index (χ2n) is 3.58. The first-order valence-electron chi connectivity index (χ1n) is 5.13. The number of aromatic nitrogens is 2. The number of hydrogen-bond donors (Lipinski definition) is 0. The van der Waals surface area contributed by atoms with Gasteiger partial charge in [0.15, 0.2) is 5.82 Å². The van der Waals surface area contributed by atoms with Gasteiger partial charge in [-0.15, -0.1) is 0 Å². The highest BCUT2D eigenvalue weighted by Crippen LogP contribution is 2.17. The van der Waals surface area contributed by atoms with Gasteiger partial charge in [0.1, 0.15) is 0 Å². The number of hydrogen-bond acceptors (Lipinski definition) is 2. The molecule has 0 aliphatic heterocycles. The van der Waals surface area contributed by atoms with Crippen LogP contribution in [-0.4, -0.2) is 15.3 Å². The zero-order chi connectivity index (χ0) is 12.3. The molecule has 4 heteroatoms. The molecule has 0 amide bonds. The van der Waals surface area contributed by atoms with E-state index in [0.717, 1.165) is 10.0 Å². The van der Waals surface area contributed by atoms with Crippen LogP contribution in [0.1, 0.15) is 16.2 Å². The Morgan fingerprint density at radius 3 is 2.82 bits per heavy atom. The summed E-state index contributed by atoms with van der Waals surface area (Å²) in [5, 5.41) is 0. The molecule has 0 bridgehead atoms. The predicted molar refractivity (Wildman–Crippen MR) is 70.7 cm³/mol. The standard InChI is InChI=1S/C13H11BrN2O/c1-16-9-8-15-13(16)12(17)7-6-10-4-2-3-5-11(10)14/h2-9H,1H3/b7-6+. The van der Waals surface area contributed by atoms with Gasteiger partial charge >= 0.3 is 0 Å². The number of allylic oxidation sites excluding steroid dienone is 1. The fraction of sp³-hybridized carbons (Fsp3) is 0.0769. The van der Waals surface area contributed by atoms with Gasteiger partial charge < -0.3 is 4.57 Å². The largest absolute Gasteiger partial charge is 0.331 e. The van der Waals surface area contributed by atoms with Crippen molar-refractivity contribution < 1.29 is 4.79 Å². The molecule has 0 saturated carbocycles. The second-order valence-corrected chi connectivity index (χ2v) is 4.44. The third-order valence-electron chi connectivity index (χ3n) is 2.36. The lowest BCUT2D eigenvalue weighted by Crippen LogP contribution is -2.03. The SMILES string of the molecule is Cn1ccnc1C(=O)/C=C/c1ccccc1Br. The molecule has 0 unspecified atom stereocenters. The quantitative estimate of drug-likeness (QED) is 0.643. The van der Waals surface area contributed by atoms with Gasteiger partial charge in [-0.1, -0.05) is 34.1 Å². The molecule has 0 spiro atoms. The molecule has 2 aromatic rings. The van der Waals surface area contributed by atoms with Crippen molar-refractivity contribution in [1.82, 2.24) is 9.55 Å². The summed E-state index contributed by atoms with van der Waals surface area (Å²) in [5.41, 5.74) is 0.968. The van der Waals surface area contributed by atoms with Crippen LogP contribution in [0, 0.1) is 0 Å². The van der Waals surface area contributed by atoms with Crippen molar-refractivity contribution in [2.45, 2.75) is 0 Å². The van der Waals surface area contributed by atoms with Crippen LogP contribution in [0.25, 0.3) is 6.08 Å². The van der Waals surface area contributed by atoms with Crippen LogP contribution in [0.5, 0.6) is 0 Å². The lowest BCUT2D eigenvalue weighted by Gasteiger charge is -1.97. The van der Waals surface area contributed by atoms with Gasteiger partial charge in [-0.2, -0.15) is 0 Å². The average Bonchev–Trinajstić information content (AvgIpc) is 2.74. The fourth-order valence-corrected chi connectivity index (χ4v) is 1.87. The van der Waals surface area contributed by atoms with E-state index in [1.54, 1.807) is 30.1 Å². The van der Waals surface area contributed by atoms with Crippen molar-refractivity contribution in [3.05, 3.63) is 58.6 Å². The number of benzene rings is 1. The van der Waals surface area contributed by atoms with Crippen LogP contribution >= 0.6 is 15.9 Å². The number of imidazole rings is 1. The Morgan fingerprint density at radius 1 is 1.41 bits per heavy atom. The molecule has 0 saturated heterocycles. The molecule has 0 aliphatic carbocycles. The summed E-state index contributed by atoms with van der Waals surface area (Å²) in [5.74, 6) is 0.335. The fourth-order valence-electron chi connectivity index (χ4n) is 1.45. The van der Waals surface area contributed by atoms with Crippen molar-refractivity contribution in [1.29, 1.82) is 0 Å². The number of nitrogens with zero attached hydrogens (tertiary/aromatic N) is 2. The highest BCUT2D eigenvalue weighted by atomic mass is 79.9. The third kappa shape index (κ3) is 2.71. The maximum Gasteiger partial charge on any atom is 0.221 e. The van der Waals surface area contributed by atoms with E-state index in [1.807, 2.05) is 24.3 Å². The van der Waals surface area contributed by atoms with E-state index in [-0.39, 0.29) is 5.78 Å². The number of rotatable bonds is 3. The van der Waals surface area contributed by atoms with Crippen molar-refractivity contribution in [3.63, 3.8) is 0 Å². The van der Waals surface area contributed by atoms with Gasteiger partial charge in [-0.25, -0.2) is 4.98 Å². The predicted octanol–water partition coefficient (Wildman–Crippen LogP) is 3.08. The van der Waals surface area contributed by atoms with Crippen molar-refractivity contribution >= 4 is 27.8 Å². The Labute approximate surface area is 108 Å². The molecule has 3 nitrogen and oxygen atoms in total. The van der Waals surface area contributed by atoms with Gasteiger partial charge in [0.25, 0.3) is 0 Å². The Morgan fingerprint density at radius 2 is 2.18 bits per heavy atom. The number of carbonyl (C=O) groups is 1. The summed E-state index contributed by atoms with van der Waals surface area (Å²) in [4.78, 5) is 15.8. The molecule has 0 N–H and O–H groups in total. The van der Waals surface area contributed by atoms with Crippen LogP contribution < -0.4 is 0 Å². The summed E-state index contributed by atoms with van der Waals surface area (Å²) in [6, 6.07) is 7.73. The first-order valence-corrected chi connectivity index (χ1v) is 5.92. The summed E-state index contributed by atoms with van der Waals surface area (Å²) >= 11 is 3.43. The van der Waals surface area contributed by atoms with Crippen molar-refractivity contribution in [2.75, 3.05) is 0 Å². The monoisotopic (exact) mass is 290 g/mol. The molecular weight excluding hydrogens is 280 g/mol. The van der Waals surface area contributed by atoms with Gasteiger partial charge in [0.2, 0.25) is 5.78 Å². The van der Waals surface area contributed by atoms with E-state index < -0.39 is 0 Å². The van der Waals surface area contributed by atoms with Gasteiger partial charge in [-0.3, -0.25) is 4.79 Å². The maximum absolute atomic E-state index is 11.8. The van der Waals surface area contributed by atoms with E-state index in [0.29, 0.717) is 5.82 Å². The van der Waals surface area contributed by atoms with Crippen LogP contribution in [0.3, 0.4) is 0 Å². The number of halogens is 1. The summed E-state index contributed by atoms with van der Waals surface area (Å²) in [7, 11) is 1.80. The van der Waals surface area contributed by atoms with Crippen LogP contribution in [0.15, 0.2) is 47.2 Å². The molecule has 1 aromatic heterocycles. The van der Waals surface area contributed by atoms with E-state index in [1.165, 1.54) is 6.08 Å². The van der Waals surface area contributed by atoms with Crippen LogP contribution in [-0.2, 0) is 7.05 Å². The average molecular weight is 291 g/mol. The first-order chi connectivity index (χ1) is 8.18. The normalized spacial score (nSPS) is 10.9. The first kappa shape index (κ1) is 11.8. The summed E-state index contributed by atoms with van der Waals surface area (Å²) in [6.07, 6.45) is 6.67. The van der Waals surface area contributed by atoms with Crippen molar-refractivity contribution in [3.8, 4) is 0 Å².